The third kappa shape index (κ3) is 4.29. The van der Waals surface area contributed by atoms with Gasteiger partial charge in [-0.3, -0.25) is 0 Å². The second-order valence-corrected chi connectivity index (χ2v) is 9.91. The molecule has 0 fully saturated rings. The first-order chi connectivity index (χ1) is 14.0. The fourth-order valence-corrected chi connectivity index (χ4v) is 5.56. The maximum absolute atomic E-state index is 6.09. The van der Waals surface area contributed by atoms with Crippen LogP contribution in [0.15, 0.2) is 28.5 Å². The van der Waals surface area contributed by atoms with E-state index >= 15 is 0 Å². The van der Waals surface area contributed by atoms with Crippen molar-refractivity contribution in [2.45, 2.75) is 61.6 Å². The van der Waals surface area contributed by atoms with Gasteiger partial charge in [-0.25, -0.2) is 15.0 Å². The molecule has 8 heteroatoms. The van der Waals surface area contributed by atoms with Crippen LogP contribution in [0.5, 0.6) is 0 Å². The maximum atomic E-state index is 6.09. The zero-order valence-electron chi connectivity index (χ0n) is 17.1. The van der Waals surface area contributed by atoms with E-state index in [9.17, 15) is 0 Å². The molecule has 0 amide bonds. The molecule has 0 saturated heterocycles. The van der Waals surface area contributed by atoms with Gasteiger partial charge in [0.05, 0.1) is 11.5 Å². The SMILES string of the molecule is CCNC(Br)Cn1c(Sc2cc3c(cc2C)CC(C)CC3)nc2c(N)ncnc21. The van der Waals surface area contributed by atoms with E-state index in [0.29, 0.717) is 17.9 Å². The lowest BCUT2D eigenvalue weighted by Gasteiger charge is -2.23. The summed E-state index contributed by atoms with van der Waals surface area (Å²) in [7, 11) is 0. The number of anilines is 1. The summed E-state index contributed by atoms with van der Waals surface area (Å²) in [5.41, 5.74) is 11.8. The minimum absolute atomic E-state index is 0.117. The smallest absolute Gasteiger partial charge is 0.175 e. The Morgan fingerprint density at radius 1 is 1.34 bits per heavy atom. The van der Waals surface area contributed by atoms with Gasteiger partial charge in [-0.05, 0) is 61.4 Å². The lowest BCUT2D eigenvalue weighted by atomic mass is 9.84. The van der Waals surface area contributed by atoms with Crippen LogP contribution in [0.2, 0.25) is 0 Å². The molecule has 0 radical (unpaired) electrons. The summed E-state index contributed by atoms with van der Waals surface area (Å²) in [5.74, 6) is 1.19. The summed E-state index contributed by atoms with van der Waals surface area (Å²) < 4.78 is 2.13. The molecule has 3 N–H and O–H groups in total. The minimum atomic E-state index is 0.117. The molecule has 1 aliphatic carbocycles. The van der Waals surface area contributed by atoms with Gasteiger partial charge in [-0.1, -0.05) is 47.6 Å². The van der Waals surface area contributed by atoms with Gasteiger partial charge in [0, 0.05) is 4.90 Å². The van der Waals surface area contributed by atoms with Crippen molar-refractivity contribution in [2.24, 2.45) is 5.92 Å². The second kappa shape index (κ2) is 8.62. The van der Waals surface area contributed by atoms with E-state index in [1.54, 1.807) is 11.8 Å². The van der Waals surface area contributed by atoms with Crippen LogP contribution in [0, 0.1) is 12.8 Å². The number of aromatic nitrogens is 4. The van der Waals surface area contributed by atoms with Gasteiger partial charge in [-0.15, -0.1) is 0 Å². The molecule has 1 aliphatic rings. The summed E-state index contributed by atoms with van der Waals surface area (Å²) in [6, 6.07) is 4.72. The number of hydrogen-bond donors (Lipinski definition) is 2. The topological polar surface area (TPSA) is 81.7 Å². The van der Waals surface area contributed by atoms with E-state index in [0.717, 1.165) is 29.7 Å². The first-order valence-corrected chi connectivity index (χ1v) is 11.8. The van der Waals surface area contributed by atoms with Crippen molar-refractivity contribution >= 4 is 44.7 Å². The first-order valence-electron chi connectivity index (χ1n) is 10.1. The van der Waals surface area contributed by atoms with E-state index < -0.39 is 0 Å². The van der Waals surface area contributed by atoms with Crippen molar-refractivity contribution in [1.82, 2.24) is 24.8 Å². The Bertz CT molecular complexity index is 1030. The Hall–Kier alpha value is -1.64. The van der Waals surface area contributed by atoms with E-state index in [1.807, 2.05) is 0 Å². The van der Waals surface area contributed by atoms with E-state index in [-0.39, 0.29) is 4.95 Å². The molecule has 1 aromatic carbocycles. The summed E-state index contributed by atoms with van der Waals surface area (Å²) in [6.07, 6.45) is 5.10. The third-order valence-electron chi connectivity index (χ3n) is 5.47. The lowest BCUT2D eigenvalue weighted by molar-refractivity contribution is 0.500. The Kier molecular flexibility index (Phi) is 6.13. The van der Waals surface area contributed by atoms with Crippen molar-refractivity contribution in [2.75, 3.05) is 12.3 Å². The molecule has 2 unspecified atom stereocenters. The molecule has 0 bridgehead atoms. The Morgan fingerprint density at radius 2 is 2.17 bits per heavy atom. The van der Waals surface area contributed by atoms with Gasteiger partial charge in [-0.2, -0.15) is 0 Å². The van der Waals surface area contributed by atoms with Crippen LogP contribution in [0.1, 0.15) is 37.0 Å². The van der Waals surface area contributed by atoms with E-state index in [2.05, 4.69) is 68.7 Å². The van der Waals surface area contributed by atoms with Crippen molar-refractivity contribution in [3.63, 3.8) is 0 Å². The van der Waals surface area contributed by atoms with Crippen LogP contribution in [0.3, 0.4) is 0 Å². The fraction of sp³-hybridized carbons (Fsp3) is 0.476. The number of hydrogen-bond acceptors (Lipinski definition) is 6. The molecule has 2 heterocycles. The van der Waals surface area contributed by atoms with Gasteiger partial charge in [0.1, 0.15) is 6.33 Å². The van der Waals surface area contributed by atoms with E-state index in [1.165, 1.54) is 40.8 Å². The van der Waals surface area contributed by atoms with Gasteiger partial charge in [0.15, 0.2) is 22.1 Å². The van der Waals surface area contributed by atoms with Crippen LogP contribution < -0.4 is 11.1 Å². The summed E-state index contributed by atoms with van der Waals surface area (Å²) in [6.45, 7) is 8.20. The van der Waals surface area contributed by atoms with Crippen LogP contribution in [0.4, 0.5) is 5.82 Å². The third-order valence-corrected chi connectivity index (χ3v) is 7.23. The monoisotopic (exact) mass is 474 g/mol. The lowest BCUT2D eigenvalue weighted by Crippen LogP contribution is -2.27. The molecule has 29 heavy (non-hydrogen) atoms. The van der Waals surface area contributed by atoms with Crippen molar-refractivity contribution < 1.29 is 0 Å². The summed E-state index contributed by atoms with van der Waals surface area (Å²) in [5, 5.41) is 4.29. The molecule has 3 aromatic rings. The highest BCUT2D eigenvalue weighted by Gasteiger charge is 2.21. The Labute approximate surface area is 184 Å². The van der Waals surface area contributed by atoms with Crippen LogP contribution in [-0.2, 0) is 19.4 Å². The Balaban J connectivity index is 1.73. The van der Waals surface area contributed by atoms with Crippen LogP contribution >= 0.6 is 27.7 Å². The number of halogens is 1. The molecule has 2 aromatic heterocycles. The number of alkyl halides is 1. The number of benzene rings is 1. The zero-order valence-corrected chi connectivity index (χ0v) is 19.5. The summed E-state index contributed by atoms with van der Waals surface area (Å²) >= 11 is 5.40. The molecule has 6 nitrogen and oxygen atoms in total. The van der Waals surface area contributed by atoms with Gasteiger partial charge < -0.3 is 15.6 Å². The largest absolute Gasteiger partial charge is 0.382 e. The second-order valence-electron chi connectivity index (χ2n) is 7.80. The van der Waals surface area contributed by atoms with E-state index in [4.69, 9.17) is 10.7 Å². The number of imidazole rings is 1. The molecule has 0 saturated carbocycles. The first kappa shape index (κ1) is 20.6. The fourth-order valence-electron chi connectivity index (χ4n) is 3.92. The highest BCUT2D eigenvalue weighted by Crippen LogP contribution is 2.36. The minimum Gasteiger partial charge on any atom is -0.382 e. The molecule has 4 rings (SSSR count). The molecule has 0 aliphatic heterocycles. The van der Waals surface area contributed by atoms with Crippen LogP contribution in [0.25, 0.3) is 11.2 Å². The van der Waals surface area contributed by atoms with Crippen molar-refractivity contribution in [3.8, 4) is 0 Å². The predicted molar refractivity (Wildman–Crippen MR) is 123 cm³/mol. The van der Waals surface area contributed by atoms with Crippen LogP contribution in [-0.4, -0.2) is 31.0 Å². The number of nitrogen functional groups attached to an aromatic ring is 1. The number of fused-ring (bicyclic) bond motifs is 2. The highest BCUT2D eigenvalue weighted by atomic mass is 79.9. The van der Waals surface area contributed by atoms with Gasteiger partial charge >= 0.3 is 0 Å². The predicted octanol–water partition coefficient (Wildman–Crippen LogP) is 4.32. The number of nitrogens with two attached hydrogens (primary N) is 1. The number of aryl methyl sites for hydroxylation is 2. The summed E-state index contributed by atoms with van der Waals surface area (Å²) in [4.78, 5) is 14.8. The number of likely N-dealkylation sites (N-methyl/N-ethyl adjacent to an activating group) is 1. The molecular formula is C21H27BrN6S. The average Bonchev–Trinajstić information content (AvgIpc) is 3.01. The number of nitrogens with one attached hydrogen (secondary N) is 1. The standard InChI is InChI=1S/C21H27BrN6S/c1-4-24-17(22)10-28-20-18(19(23)25-11-26-20)27-21(28)29-16-9-14-6-5-12(2)7-15(14)8-13(16)3/h8-9,11-12,17,24H,4-7,10H2,1-3H3,(H2,23,25,26). The Morgan fingerprint density at radius 3 is 2.97 bits per heavy atom. The quantitative estimate of drug-likeness (QED) is 0.408. The number of nitrogens with zero attached hydrogens (tertiary/aromatic N) is 4. The maximum Gasteiger partial charge on any atom is 0.175 e. The molecule has 2 atom stereocenters. The molecular weight excluding hydrogens is 448 g/mol. The van der Waals surface area contributed by atoms with Crippen molar-refractivity contribution in [1.29, 1.82) is 0 Å². The van der Waals surface area contributed by atoms with Gasteiger partial charge in [0.25, 0.3) is 0 Å². The number of rotatable bonds is 6. The molecule has 154 valence electrons. The van der Waals surface area contributed by atoms with Gasteiger partial charge in [0.2, 0.25) is 0 Å². The van der Waals surface area contributed by atoms with Crippen molar-refractivity contribution in [3.05, 3.63) is 35.2 Å². The average molecular weight is 475 g/mol. The zero-order chi connectivity index (χ0) is 20.5. The normalized spacial score (nSPS) is 17.4. The highest BCUT2D eigenvalue weighted by molar-refractivity contribution is 9.09. The molecule has 0 spiro atoms.